The van der Waals surface area contributed by atoms with E-state index in [2.05, 4.69) is 36.1 Å². The molecule has 0 unspecified atom stereocenters. The van der Waals surface area contributed by atoms with Crippen LogP contribution in [0.4, 0.5) is 10.7 Å². The third-order valence-corrected chi connectivity index (χ3v) is 4.16. The lowest BCUT2D eigenvalue weighted by molar-refractivity contribution is 0.0491. The number of alkyl carbamates (subject to hydrolysis) is 1. The minimum absolute atomic E-state index is 0.0531. The molecule has 134 valence electrons. The number of rotatable bonds is 4. The Bertz CT molecular complexity index is 547. The second-order valence-electron chi connectivity index (χ2n) is 6.81. The summed E-state index contributed by atoms with van der Waals surface area (Å²) in [5.41, 5.74) is -0.514. The van der Waals surface area contributed by atoms with E-state index in [1.54, 1.807) is 19.5 Å². The summed E-state index contributed by atoms with van der Waals surface area (Å²) in [4.78, 5) is 22.8. The minimum atomic E-state index is -0.514. The molecule has 0 saturated carbocycles. The van der Waals surface area contributed by atoms with E-state index >= 15 is 0 Å². The highest BCUT2D eigenvalue weighted by atomic mass is 79.9. The number of ether oxygens (including phenoxy) is 2. The molecule has 0 bridgehead atoms. The number of anilines is 1. The molecule has 2 atom stereocenters. The number of hydrogen-bond donors (Lipinski definition) is 1. The first kappa shape index (κ1) is 18.9. The van der Waals surface area contributed by atoms with Crippen molar-refractivity contribution in [2.24, 2.45) is 0 Å². The van der Waals surface area contributed by atoms with Crippen LogP contribution in [0.25, 0.3) is 0 Å². The van der Waals surface area contributed by atoms with Crippen molar-refractivity contribution in [2.45, 2.75) is 51.4 Å². The fourth-order valence-electron chi connectivity index (χ4n) is 2.65. The largest absolute Gasteiger partial charge is 0.444 e. The predicted molar refractivity (Wildman–Crippen MR) is 95.1 cm³/mol. The van der Waals surface area contributed by atoms with Gasteiger partial charge in [0.2, 0.25) is 5.95 Å². The van der Waals surface area contributed by atoms with Crippen molar-refractivity contribution in [3.05, 3.63) is 16.9 Å². The van der Waals surface area contributed by atoms with Gasteiger partial charge in [-0.1, -0.05) is 0 Å². The van der Waals surface area contributed by atoms with Crippen molar-refractivity contribution in [3.63, 3.8) is 0 Å². The van der Waals surface area contributed by atoms with Crippen molar-refractivity contribution >= 4 is 28.0 Å². The van der Waals surface area contributed by atoms with E-state index in [1.807, 2.05) is 20.8 Å². The third-order valence-electron chi connectivity index (χ3n) is 3.75. The first-order chi connectivity index (χ1) is 11.3. The Balaban J connectivity index is 2.03. The molecule has 8 heteroatoms. The number of methoxy groups -OCH3 is 1. The Morgan fingerprint density at radius 3 is 2.67 bits per heavy atom. The molecule has 2 rings (SSSR count). The Morgan fingerprint density at radius 1 is 1.42 bits per heavy atom. The molecule has 1 aliphatic rings. The molecule has 0 aliphatic carbocycles. The highest BCUT2D eigenvalue weighted by Crippen LogP contribution is 2.24. The lowest BCUT2D eigenvalue weighted by atomic mass is 9.99. The highest BCUT2D eigenvalue weighted by Gasteiger charge is 2.30. The summed E-state index contributed by atoms with van der Waals surface area (Å²) in [5, 5.41) is 2.84. The number of nitrogens with one attached hydrogen (secondary N) is 1. The lowest BCUT2D eigenvalue weighted by Crippen LogP contribution is -2.51. The van der Waals surface area contributed by atoms with Crippen LogP contribution < -0.4 is 10.2 Å². The number of amides is 1. The maximum Gasteiger partial charge on any atom is 0.407 e. The van der Waals surface area contributed by atoms with Crippen molar-refractivity contribution in [2.75, 3.05) is 25.1 Å². The molecule has 1 saturated heterocycles. The van der Waals surface area contributed by atoms with E-state index in [0.717, 1.165) is 23.9 Å². The second-order valence-corrected chi connectivity index (χ2v) is 7.73. The third kappa shape index (κ3) is 5.59. The van der Waals surface area contributed by atoms with E-state index in [4.69, 9.17) is 9.47 Å². The minimum Gasteiger partial charge on any atom is -0.444 e. The molecular formula is C16H25BrN4O3. The Morgan fingerprint density at radius 2 is 2.08 bits per heavy atom. The molecule has 1 aromatic rings. The van der Waals surface area contributed by atoms with Gasteiger partial charge >= 0.3 is 6.09 Å². The molecule has 1 N–H and O–H groups in total. The maximum atomic E-state index is 11.9. The van der Waals surface area contributed by atoms with Gasteiger partial charge in [-0.25, -0.2) is 14.8 Å². The number of carbonyl (C=O) groups excluding carboxylic acids is 1. The van der Waals surface area contributed by atoms with Crippen LogP contribution in [0, 0.1) is 0 Å². The van der Waals surface area contributed by atoms with Gasteiger partial charge in [0, 0.05) is 32.6 Å². The number of piperidine rings is 1. The van der Waals surface area contributed by atoms with Crippen LogP contribution in [0.1, 0.15) is 33.6 Å². The average molecular weight is 401 g/mol. The standard InChI is InChI=1S/C16H25BrN4O3/c1-16(2,3)24-15(22)20-10-12-7-13(23-4)5-6-21(12)14-18-8-11(17)9-19-14/h8-9,12-13H,5-7,10H2,1-4H3,(H,20,22)/t12-,13+/m0/s1. The van der Waals surface area contributed by atoms with Gasteiger partial charge < -0.3 is 19.7 Å². The summed E-state index contributed by atoms with van der Waals surface area (Å²) < 4.78 is 11.6. The quantitative estimate of drug-likeness (QED) is 0.836. The Labute approximate surface area is 151 Å². The molecule has 7 nitrogen and oxygen atoms in total. The van der Waals surface area contributed by atoms with Gasteiger partial charge in [-0.2, -0.15) is 0 Å². The average Bonchev–Trinajstić information content (AvgIpc) is 2.52. The van der Waals surface area contributed by atoms with Gasteiger partial charge in [0.25, 0.3) is 0 Å². The summed E-state index contributed by atoms with van der Waals surface area (Å²) >= 11 is 3.35. The summed E-state index contributed by atoms with van der Waals surface area (Å²) in [6.07, 6.45) is 4.90. The van der Waals surface area contributed by atoms with Crippen LogP contribution in [0.15, 0.2) is 16.9 Å². The van der Waals surface area contributed by atoms with Crippen LogP contribution >= 0.6 is 15.9 Å². The van der Waals surface area contributed by atoms with E-state index in [-0.39, 0.29) is 12.1 Å². The Hall–Kier alpha value is -1.41. The van der Waals surface area contributed by atoms with Crippen LogP contribution in [0.5, 0.6) is 0 Å². The smallest absolute Gasteiger partial charge is 0.407 e. The normalized spacial score (nSPS) is 21.5. The summed E-state index contributed by atoms with van der Waals surface area (Å²) in [6, 6.07) is 0.0531. The van der Waals surface area contributed by atoms with Gasteiger partial charge in [-0.15, -0.1) is 0 Å². The maximum absolute atomic E-state index is 11.9. The number of aromatic nitrogens is 2. The molecule has 2 heterocycles. The lowest BCUT2D eigenvalue weighted by Gasteiger charge is -2.39. The highest BCUT2D eigenvalue weighted by molar-refractivity contribution is 9.10. The molecule has 1 aromatic heterocycles. The van der Waals surface area contributed by atoms with Crippen molar-refractivity contribution in [1.82, 2.24) is 15.3 Å². The molecule has 1 aliphatic heterocycles. The topological polar surface area (TPSA) is 76.6 Å². The first-order valence-corrected chi connectivity index (χ1v) is 8.81. The van der Waals surface area contributed by atoms with Gasteiger partial charge in [-0.3, -0.25) is 0 Å². The number of halogens is 1. The summed E-state index contributed by atoms with van der Waals surface area (Å²) in [6.45, 7) is 6.76. The molecule has 0 radical (unpaired) electrons. The van der Waals surface area contributed by atoms with Crippen LogP contribution in [-0.4, -0.2) is 54.0 Å². The van der Waals surface area contributed by atoms with Crippen molar-refractivity contribution < 1.29 is 14.3 Å². The zero-order valence-electron chi connectivity index (χ0n) is 14.6. The van der Waals surface area contributed by atoms with E-state index in [0.29, 0.717) is 12.5 Å². The van der Waals surface area contributed by atoms with E-state index in [1.165, 1.54) is 0 Å². The predicted octanol–water partition coefficient (Wildman–Crippen LogP) is 2.75. The number of carbonyl (C=O) groups is 1. The SMILES string of the molecule is CO[C@@H]1CCN(c2ncc(Br)cn2)[C@H](CNC(=O)OC(C)(C)C)C1. The molecule has 24 heavy (non-hydrogen) atoms. The molecule has 1 amide bonds. The van der Waals surface area contributed by atoms with Gasteiger partial charge in [-0.05, 0) is 49.5 Å². The molecule has 0 aromatic carbocycles. The van der Waals surface area contributed by atoms with Gasteiger partial charge in [0.1, 0.15) is 5.60 Å². The molecule has 0 spiro atoms. The van der Waals surface area contributed by atoms with Crippen molar-refractivity contribution in [3.8, 4) is 0 Å². The number of hydrogen-bond acceptors (Lipinski definition) is 6. The van der Waals surface area contributed by atoms with Gasteiger partial charge in [0.15, 0.2) is 0 Å². The van der Waals surface area contributed by atoms with E-state index in [9.17, 15) is 4.79 Å². The van der Waals surface area contributed by atoms with Gasteiger partial charge in [0.05, 0.1) is 16.6 Å². The molecule has 1 fully saturated rings. The fraction of sp³-hybridized carbons (Fsp3) is 0.688. The van der Waals surface area contributed by atoms with E-state index < -0.39 is 11.7 Å². The first-order valence-electron chi connectivity index (χ1n) is 8.02. The summed E-state index contributed by atoms with van der Waals surface area (Å²) in [5.74, 6) is 0.656. The summed E-state index contributed by atoms with van der Waals surface area (Å²) in [7, 11) is 1.72. The Kier molecular flexibility index (Phi) is 6.40. The zero-order chi connectivity index (χ0) is 17.7. The van der Waals surface area contributed by atoms with Crippen LogP contribution in [0.3, 0.4) is 0 Å². The monoisotopic (exact) mass is 400 g/mol. The number of nitrogens with zero attached hydrogens (tertiary/aromatic N) is 3. The van der Waals surface area contributed by atoms with Crippen LogP contribution in [0.2, 0.25) is 0 Å². The molecular weight excluding hydrogens is 376 g/mol. The second kappa shape index (κ2) is 8.11. The van der Waals surface area contributed by atoms with Crippen LogP contribution in [-0.2, 0) is 9.47 Å². The zero-order valence-corrected chi connectivity index (χ0v) is 16.2. The van der Waals surface area contributed by atoms with Crippen molar-refractivity contribution in [1.29, 1.82) is 0 Å². The fourth-order valence-corrected chi connectivity index (χ4v) is 2.86.